The van der Waals surface area contributed by atoms with Gasteiger partial charge in [-0.15, -0.1) is 10.2 Å². The predicted octanol–water partition coefficient (Wildman–Crippen LogP) is 5.05. The van der Waals surface area contributed by atoms with E-state index in [4.69, 9.17) is 9.15 Å². The van der Waals surface area contributed by atoms with Crippen molar-refractivity contribution in [3.8, 4) is 11.5 Å². The Labute approximate surface area is 196 Å². The Hall–Kier alpha value is -4.71. The second-order valence-electron chi connectivity index (χ2n) is 7.00. The van der Waals surface area contributed by atoms with Crippen LogP contribution in [0, 0.1) is 6.92 Å². The van der Waals surface area contributed by atoms with E-state index in [0.717, 1.165) is 5.01 Å². The molecule has 12 heteroatoms. The van der Waals surface area contributed by atoms with Crippen LogP contribution >= 0.6 is 11.3 Å². The topological polar surface area (TPSA) is 138 Å². The standard InChI is InChI=1S/C22H17N7O4S/c1-13-27-28-22(34-13)26-21(31)23-14-4-6-15(7-5-14)33-16-8-9-17-18(11-16)25-20(24-17)29(12-30)19-3-2-10-32-19/h2-12H,1H3,(H,24,25)(H2,23,26,28,31). The molecule has 3 N–H and O–H groups in total. The van der Waals surface area contributed by atoms with Crippen molar-refractivity contribution in [1.82, 2.24) is 20.2 Å². The molecule has 3 heterocycles. The molecule has 3 aromatic heterocycles. The van der Waals surface area contributed by atoms with Gasteiger partial charge in [-0.2, -0.15) is 0 Å². The Morgan fingerprint density at radius 2 is 1.94 bits per heavy atom. The van der Waals surface area contributed by atoms with Crippen molar-refractivity contribution in [2.75, 3.05) is 15.5 Å². The molecule has 0 aliphatic carbocycles. The molecule has 0 aliphatic heterocycles. The smallest absolute Gasteiger partial charge is 0.325 e. The maximum absolute atomic E-state index is 12.1. The number of carbonyl (C=O) groups excluding carboxylic acids is 2. The molecule has 0 saturated heterocycles. The zero-order valence-corrected chi connectivity index (χ0v) is 18.5. The number of rotatable bonds is 7. The van der Waals surface area contributed by atoms with E-state index in [-0.39, 0.29) is 0 Å². The number of aromatic nitrogens is 4. The monoisotopic (exact) mass is 475 g/mol. The molecule has 3 amide bonds. The number of hydrogen-bond acceptors (Lipinski definition) is 8. The van der Waals surface area contributed by atoms with Crippen molar-refractivity contribution in [2.45, 2.75) is 6.92 Å². The second kappa shape index (κ2) is 9.03. The van der Waals surface area contributed by atoms with Crippen LogP contribution in [0.3, 0.4) is 0 Å². The van der Waals surface area contributed by atoms with Crippen molar-refractivity contribution in [1.29, 1.82) is 0 Å². The van der Waals surface area contributed by atoms with Crippen LogP contribution in [0.25, 0.3) is 11.0 Å². The number of urea groups is 1. The number of hydrogen-bond donors (Lipinski definition) is 3. The van der Waals surface area contributed by atoms with Gasteiger partial charge >= 0.3 is 6.03 Å². The van der Waals surface area contributed by atoms with Gasteiger partial charge in [-0.25, -0.2) is 14.7 Å². The van der Waals surface area contributed by atoms with E-state index in [1.54, 1.807) is 54.6 Å². The number of ether oxygens (including phenoxy) is 1. The molecule has 0 atom stereocenters. The van der Waals surface area contributed by atoms with E-state index in [0.29, 0.717) is 51.6 Å². The van der Waals surface area contributed by atoms with Gasteiger partial charge in [0.25, 0.3) is 0 Å². The first kappa shape index (κ1) is 21.2. The van der Waals surface area contributed by atoms with E-state index in [1.807, 2.05) is 6.92 Å². The number of anilines is 4. The summed E-state index contributed by atoms with van der Waals surface area (Å²) in [4.78, 5) is 32.4. The number of H-pyrrole nitrogens is 1. The number of imidazole rings is 1. The van der Waals surface area contributed by atoms with Crippen LogP contribution < -0.4 is 20.3 Å². The zero-order chi connectivity index (χ0) is 23.5. The average molecular weight is 475 g/mol. The molecule has 0 fully saturated rings. The summed E-state index contributed by atoms with van der Waals surface area (Å²) >= 11 is 1.29. The summed E-state index contributed by atoms with van der Waals surface area (Å²) in [6.07, 6.45) is 2.10. The predicted molar refractivity (Wildman–Crippen MR) is 127 cm³/mol. The maximum atomic E-state index is 12.1. The second-order valence-corrected chi connectivity index (χ2v) is 8.18. The molecule has 5 rings (SSSR count). The van der Waals surface area contributed by atoms with Crippen LogP contribution in [-0.2, 0) is 4.79 Å². The molecular weight excluding hydrogens is 458 g/mol. The third-order valence-corrected chi connectivity index (χ3v) is 5.37. The third-order valence-electron chi connectivity index (χ3n) is 4.61. The Balaban J connectivity index is 1.25. The fraction of sp³-hybridized carbons (Fsp3) is 0.0455. The normalized spacial score (nSPS) is 10.7. The number of fused-ring (bicyclic) bond motifs is 1. The lowest BCUT2D eigenvalue weighted by molar-refractivity contribution is -0.107. The minimum Gasteiger partial charge on any atom is -0.457 e. The summed E-state index contributed by atoms with van der Waals surface area (Å²) in [7, 11) is 0. The van der Waals surface area contributed by atoms with Crippen LogP contribution in [0.1, 0.15) is 5.01 Å². The quantitative estimate of drug-likeness (QED) is 0.280. The number of furan rings is 1. The lowest BCUT2D eigenvalue weighted by Gasteiger charge is -2.09. The summed E-state index contributed by atoms with van der Waals surface area (Å²) in [6, 6.07) is 15.2. The van der Waals surface area contributed by atoms with Gasteiger partial charge in [-0.05, 0) is 49.4 Å². The SMILES string of the molecule is Cc1nnc(NC(=O)Nc2ccc(Oc3ccc4nc(N(C=O)c5ccco5)[nH]c4c3)cc2)s1. The van der Waals surface area contributed by atoms with Gasteiger partial charge in [0.15, 0.2) is 0 Å². The first-order chi connectivity index (χ1) is 16.6. The van der Waals surface area contributed by atoms with Crippen LogP contribution in [0.5, 0.6) is 11.5 Å². The maximum Gasteiger partial charge on any atom is 0.325 e. The molecule has 0 spiro atoms. The number of amides is 3. The molecule has 0 aliphatic rings. The summed E-state index contributed by atoms with van der Waals surface area (Å²) in [5.41, 5.74) is 1.94. The molecule has 170 valence electrons. The number of nitrogens with one attached hydrogen (secondary N) is 3. The van der Waals surface area contributed by atoms with Crippen LogP contribution in [0.15, 0.2) is 65.3 Å². The highest BCUT2D eigenvalue weighted by Gasteiger charge is 2.15. The van der Waals surface area contributed by atoms with Gasteiger partial charge in [0, 0.05) is 17.8 Å². The Morgan fingerprint density at radius 3 is 2.65 bits per heavy atom. The zero-order valence-electron chi connectivity index (χ0n) is 17.7. The molecule has 0 unspecified atom stereocenters. The highest BCUT2D eigenvalue weighted by molar-refractivity contribution is 7.15. The van der Waals surface area contributed by atoms with Crippen LogP contribution in [0.4, 0.5) is 27.4 Å². The van der Waals surface area contributed by atoms with Gasteiger partial charge in [0.1, 0.15) is 16.5 Å². The highest BCUT2D eigenvalue weighted by Crippen LogP contribution is 2.29. The summed E-state index contributed by atoms with van der Waals surface area (Å²) in [6.45, 7) is 1.81. The number of benzene rings is 2. The van der Waals surface area contributed by atoms with E-state index < -0.39 is 6.03 Å². The number of carbonyl (C=O) groups is 2. The molecular formula is C22H17N7O4S. The first-order valence-corrected chi connectivity index (χ1v) is 10.8. The minimum absolute atomic E-state index is 0.328. The lowest BCUT2D eigenvalue weighted by Crippen LogP contribution is -2.19. The van der Waals surface area contributed by atoms with Crippen molar-refractivity contribution < 1.29 is 18.7 Å². The largest absolute Gasteiger partial charge is 0.457 e. The van der Waals surface area contributed by atoms with Gasteiger partial charge in [0.2, 0.25) is 23.4 Å². The van der Waals surface area contributed by atoms with Crippen molar-refractivity contribution in [3.05, 3.63) is 65.9 Å². The molecule has 2 aromatic carbocycles. The fourth-order valence-electron chi connectivity index (χ4n) is 3.11. The van der Waals surface area contributed by atoms with Gasteiger partial charge < -0.3 is 19.5 Å². The van der Waals surface area contributed by atoms with Crippen molar-refractivity contribution in [2.24, 2.45) is 0 Å². The molecule has 5 aromatic rings. The highest BCUT2D eigenvalue weighted by atomic mass is 32.1. The number of aryl methyl sites for hydroxylation is 1. The van der Waals surface area contributed by atoms with Crippen molar-refractivity contribution in [3.63, 3.8) is 0 Å². The average Bonchev–Trinajstić information content (AvgIpc) is 3.57. The summed E-state index contributed by atoms with van der Waals surface area (Å²) in [5, 5.41) is 14.2. The van der Waals surface area contributed by atoms with Crippen LogP contribution in [0.2, 0.25) is 0 Å². The van der Waals surface area contributed by atoms with Gasteiger partial charge in [0.05, 0.1) is 17.3 Å². The third kappa shape index (κ3) is 4.56. The Bertz CT molecular complexity index is 1440. The van der Waals surface area contributed by atoms with Gasteiger partial charge in [-0.3, -0.25) is 10.1 Å². The first-order valence-electron chi connectivity index (χ1n) is 10.0. The molecule has 34 heavy (non-hydrogen) atoms. The van der Waals surface area contributed by atoms with Crippen LogP contribution in [-0.4, -0.2) is 32.6 Å². The van der Waals surface area contributed by atoms with E-state index >= 15 is 0 Å². The van der Waals surface area contributed by atoms with E-state index in [2.05, 4.69) is 30.8 Å². The van der Waals surface area contributed by atoms with E-state index in [9.17, 15) is 9.59 Å². The molecule has 0 saturated carbocycles. The number of aromatic amines is 1. The molecule has 11 nitrogen and oxygen atoms in total. The van der Waals surface area contributed by atoms with Gasteiger partial charge in [-0.1, -0.05) is 11.3 Å². The molecule has 0 bridgehead atoms. The minimum atomic E-state index is -0.413. The van der Waals surface area contributed by atoms with E-state index in [1.165, 1.54) is 22.5 Å². The number of nitrogens with zero attached hydrogens (tertiary/aromatic N) is 4. The Morgan fingerprint density at radius 1 is 1.12 bits per heavy atom. The fourth-order valence-corrected chi connectivity index (χ4v) is 3.70. The summed E-state index contributed by atoms with van der Waals surface area (Å²) < 4.78 is 11.2. The Kier molecular flexibility index (Phi) is 5.62. The van der Waals surface area contributed by atoms with Crippen molar-refractivity contribution >= 4 is 57.5 Å². The summed E-state index contributed by atoms with van der Waals surface area (Å²) in [5.74, 6) is 1.83. The molecule has 0 radical (unpaired) electrons. The lowest BCUT2D eigenvalue weighted by atomic mass is 10.3.